The summed E-state index contributed by atoms with van der Waals surface area (Å²) in [6.45, 7) is 10.7. The fourth-order valence-electron chi connectivity index (χ4n) is 2.20. The van der Waals surface area contributed by atoms with Gasteiger partial charge >= 0.3 is 0 Å². The van der Waals surface area contributed by atoms with Crippen LogP contribution in [0.4, 0.5) is 0 Å². The van der Waals surface area contributed by atoms with Crippen molar-refractivity contribution < 1.29 is 9.52 Å². The zero-order valence-corrected chi connectivity index (χ0v) is 12.9. The minimum absolute atomic E-state index is 0.0112. The number of hydrogen-bond donors (Lipinski definition) is 1. The average Bonchev–Trinajstić information content (AvgIpc) is 2.90. The van der Waals surface area contributed by atoms with E-state index in [1.54, 1.807) is 6.20 Å². The van der Waals surface area contributed by atoms with Crippen LogP contribution >= 0.6 is 0 Å². The normalized spacial score (nSPS) is 13.4. The van der Waals surface area contributed by atoms with Crippen molar-refractivity contribution in [1.29, 1.82) is 0 Å². The minimum Gasteiger partial charge on any atom is -0.507 e. The molecule has 0 saturated carbocycles. The second kappa shape index (κ2) is 5.31. The summed E-state index contributed by atoms with van der Waals surface area (Å²) >= 11 is 0. The molecule has 3 heteroatoms. The van der Waals surface area contributed by atoms with Crippen molar-refractivity contribution >= 4 is 0 Å². The van der Waals surface area contributed by atoms with Crippen LogP contribution in [-0.2, 0) is 5.41 Å². The van der Waals surface area contributed by atoms with Gasteiger partial charge in [-0.15, -0.1) is 0 Å². The number of aromatic nitrogens is 1. The molecule has 0 fully saturated rings. The molecular weight excluding hydrogens is 250 g/mol. The molecule has 2 rings (SSSR count). The lowest BCUT2D eigenvalue weighted by Gasteiger charge is -2.23. The van der Waals surface area contributed by atoms with Crippen LogP contribution in [0.1, 0.15) is 58.1 Å². The third-order valence-electron chi connectivity index (χ3n) is 3.81. The van der Waals surface area contributed by atoms with E-state index in [4.69, 9.17) is 4.42 Å². The highest BCUT2D eigenvalue weighted by molar-refractivity contribution is 5.67. The Kier molecular flexibility index (Phi) is 3.89. The molecule has 108 valence electrons. The summed E-state index contributed by atoms with van der Waals surface area (Å²) in [5.74, 6) is 1.05. The van der Waals surface area contributed by atoms with Gasteiger partial charge in [-0.3, -0.25) is 0 Å². The first-order valence-corrected chi connectivity index (χ1v) is 7.11. The number of nitrogens with zero attached hydrogens (tertiary/aromatic N) is 1. The van der Waals surface area contributed by atoms with Gasteiger partial charge in [0.25, 0.3) is 0 Å². The first-order valence-electron chi connectivity index (χ1n) is 7.11. The Balaban J connectivity index is 2.67. The van der Waals surface area contributed by atoms with Crippen molar-refractivity contribution in [2.45, 2.75) is 52.4 Å². The van der Waals surface area contributed by atoms with Gasteiger partial charge in [-0.2, -0.15) is 0 Å². The third-order valence-corrected chi connectivity index (χ3v) is 3.81. The molecule has 2 aromatic rings. The van der Waals surface area contributed by atoms with E-state index in [2.05, 4.69) is 45.7 Å². The molecule has 1 aromatic heterocycles. The number of phenolic OH excluding ortho intramolecular Hbond substituents is 1. The van der Waals surface area contributed by atoms with Crippen molar-refractivity contribution in [3.05, 3.63) is 35.7 Å². The number of rotatable bonds is 3. The fourth-order valence-corrected chi connectivity index (χ4v) is 2.20. The number of phenols is 1. The van der Waals surface area contributed by atoms with Crippen LogP contribution in [0, 0.1) is 0 Å². The number of benzene rings is 1. The van der Waals surface area contributed by atoms with E-state index in [0.717, 1.165) is 12.0 Å². The van der Waals surface area contributed by atoms with Crippen molar-refractivity contribution in [1.82, 2.24) is 4.98 Å². The van der Waals surface area contributed by atoms with Crippen LogP contribution in [0.3, 0.4) is 0 Å². The van der Waals surface area contributed by atoms with Crippen LogP contribution in [-0.4, -0.2) is 10.1 Å². The van der Waals surface area contributed by atoms with E-state index in [-0.39, 0.29) is 11.2 Å². The Morgan fingerprint density at radius 1 is 1.30 bits per heavy atom. The summed E-state index contributed by atoms with van der Waals surface area (Å²) in [5, 5.41) is 10.6. The average molecular weight is 273 g/mol. The van der Waals surface area contributed by atoms with Gasteiger partial charge in [0.1, 0.15) is 12.0 Å². The maximum atomic E-state index is 10.6. The molecule has 3 nitrogen and oxygen atoms in total. The Hall–Kier alpha value is -1.77. The van der Waals surface area contributed by atoms with Gasteiger partial charge in [-0.1, -0.05) is 40.7 Å². The highest BCUT2D eigenvalue weighted by Crippen LogP contribution is 2.40. The van der Waals surface area contributed by atoms with Gasteiger partial charge in [0.15, 0.2) is 0 Å². The van der Waals surface area contributed by atoms with Gasteiger partial charge in [0, 0.05) is 0 Å². The van der Waals surface area contributed by atoms with Gasteiger partial charge in [-0.25, -0.2) is 4.98 Å². The van der Waals surface area contributed by atoms with Gasteiger partial charge in [0.05, 0.1) is 11.8 Å². The Morgan fingerprint density at radius 2 is 2.00 bits per heavy atom. The predicted octanol–water partition coefficient (Wildman–Crippen LogP) is 4.86. The molecule has 1 heterocycles. The molecule has 1 unspecified atom stereocenters. The van der Waals surface area contributed by atoms with Crippen LogP contribution in [0.15, 0.2) is 29.0 Å². The van der Waals surface area contributed by atoms with Crippen molar-refractivity contribution in [2.75, 3.05) is 0 Å². The molecular formula is C17H23NO2. The maximum absolute atomic E-state index is 10.6. The summed E-state index contributed by atoms with van der Waals surface area (Å²) in [7, 11) is 0. The number of hydrogen-bond acceptors (Lipinski definition) is 3. The molecule has 1 aromatic carbocycles. The van der Waals surface area contributed by atoms with E-state index in [1.807, 2.05) is 6.07 Å². The summed E-state index contributed by atoms with van der Waals surface area (Å²) in [5.41, 5.74) is 2.83. The quantitative estimate of drug-likeness (QED) is 0.868. The lowest BCUT2D eigenvalue weighted by molar-refractivity contribution is 0.458. The molecule has 0 radical (unpaired) electrons. The number of aromatic hydroxyl groups is 1. The molecule has 0 saturated heterocycles. The zero-order valence-electron chi connectivity index (χ0n) is 12.9. The van der Waals surface area contributed by atoms with Crippen LogP contribution in [0.2, 0.25) is 0 Å². The topological polar surface area (TPSA) is 46.3 Å². The van der Waals surface area contributed by atoms with Crippen molar-refractivity contribution in [3.8, 4) is 17.2 Å². The number of oxazole rings is 1. The summed E-state index contributed by atoms with van der Waals surface area (Å²) in [4.78, 5) is 4.17. The molecule has 0 aliphatic carbocycles. The standard InChI is InChI=1S/C17H23NO2/c1-6-11(2)13-9-12(17(3,4)5)10-14(15(13)19)16-18-7-8-20-16/h7-11,19H,6H2,1-5H3. The molecule has 0 spiro atoms. The van der Waals surface area contributed by atoms with Crippen LogP contribution in [0.25, 0.3) is 11.5 Å². The fraction of sp³-hybridized carbons (Fsp3) is 0.471. The van der Waals surface area contributed by atoms with Gasteiger partial charge in [0.2, 0.25) is 5.89 Å². The molecule has 1 N–H and O–H groups in total. The van der Waals surface area contributed by atoms with E-state index < -0.39 is 0 Å². The second-order valence-corrected chi connectivity index (χ2v) is 6.36. The van der Waals surface area contributed by atoms with E-state index in [9.17, 15) is 5.11 Å². The minimum atomic E-state index is 0.0112. The molecule has 0 amide bonds. The summed E-state index contributed by atoms with van der Waals surface area (Å²) in [6, 6.07) is 4.09. The predicted molar refractivity (Wildman–Crippen MR) is 81.0 cm³/mol. The Labute approximate surface area is 120 Å². The highest BCUT2D eigenvalue weighted by Gasteiger charge is 2.22. The third kappa shape index (κ3) is 2.72. The van der Waals surface area contributed by atoms with Crippen molar-refractivity contribution in [3.63, 3.8) is 0 Å². The lowest BCUT2D eigenvalue weighted by Crippen LogP contribution is -2.12. The van der Waals surface area contributed by atoms with Gasteiger partial charge < -0.3 is 9.52 Å². The molecule has 0 bridgehead atoms. The smallest absolute Gasteiger partial charge is 0.229 e. The Morgan fingerprint density at radius 3 is 2.50 bits per heavy atom. The second-order valence-electron chi connectivity index (χ2n) is 6.36. The first-order chi connectivity index (χ1) is 9.34. The summed E-state index contributed by atoms with van der Waals surface area (Å²) in [6.07, 6.45) is 4.11. The SMILES string of the molecule is CCC(C)c1cc(C(C)(C)C)cc(-c2ncco2)c1O. The first kappa shape index (κ1) is 14.6. The maximum Gasteiger partial charge on any atom is 0.229 e. The monoisotopic (exact) mass is 273 g/mol. The summed E-state index contributed by atoms with van der Waals surface area (Å²) < 4.78 is 5.37. The van der Waals surface area contributed by atoms with Crippen molar-refractivity contribution in [2.24, 2.45) is 0 Å². The lowest BCUT2D eigenvalue weighted by atomic mass is 9.82. The molecule has 20 heavy (non-hydrogen) atoms. The van der Waals surface area contributed by atoms with E-state index in [1.165, 1.54) is 11.8 Å². The van der Waals surface area contributed by atoms with E-state index in [0.29, 0.717) is 17.4 Å². The van der Waals surface area contributed by atoms with Gasteiger partial charge in [-0.05, 0) is 34.9 Å². The van der Waals surface area contributed by atoms with Crippen LogP contribution in [0.5, 0.6) is 5.75 Å². The van der Waals surface area contributed by atoms with E-state index >= 15 is 0 Å². The molecule has 1 atom stereocenters. The largest absolute Gasteiger partial charge is 0.507 e. The zero-order chi connectivity index (χ0) is 14.9. The Bertz CT molecular complexity index is 580. The molecule has 0 aliphatic heterocycles. The van der Waals surface area contributed by atoms with Crippen LogP contribution < -0.4 is 0 Å². The highest BCUT2D eigenvalue weighted by atomic mass is 16.3. The molecule has 0 aliphatic rings.